The third-order valence-corrected chi connectivity index (χ3v) is 4.80. The van der Waals surface area contributed by atoms with Gasteiger partial charge in [-0.05, 0) is 31.7 Å². The van der Waals surface area contributed by atoms with Crippen molar-refractivity contribution >= 4 is 11.8 Å². The molecule has 4 nitrogen and oxygen atoms in total. The Hall–Kier alpha value is -1.84. The molecule has 0 unspecified atom stereocenters. The maximum atomic E-state index is 12.7. The Morgan fingerprint density at radius 1 is 1.25 bits per heavy atom. The van der Waals surface area contributed by atoms with E-state index in [1.807, 2.05) is 18.7 Å². The minimum absolute atomic E-state index is 0.0113. The van der Waals surface area contributed by atoms with E-state index < -0.39 is 0 Å². The van der Waals surface area contributed by atoms with Gasteiger partial charge >= 0.3 is 0 Å². The molecule has 0 spiro atoms. The topological polar surface area (TPSA) is 49.4 Å². The summed E-state index contributed by atoms with van der Waals surface area (Å²) >= 11 is 0. The summed E-state index contributed by atoms with van der Waals surface area (Å²) in [4.78, 5) is 26.7. The predicted octanol–water partition coefficient (Wildman–Crippen LogP) is 3.46. The van der Waals surface area contributed by atoms with Crippen LogP contribution >= 0.6 is 0 Å². The van der Waals surface area contributed by atoms with Gasteiger partial charge in [-0.3, -0.25) is 9.59 Å². The first-order valence-corrected chi connectivity index (χ1v) is 9.08. The molecule has 1 aliphatic rings. The average Bonchev–Trinajstić information content (AvgIpc) is 2.59. The van der Waals surface area contributed by atoms with Crippen LogP contribution in [0.4, 0.5) is 0 Å². The molecule has 2 atom stereocenters. The predicted molar refractivity (Wildman–Crippen MR) is 96.5 cm³/mol. The minimum Gasteiger partial charge on any atom is -0.349 e. The number of hydrogen-bond donors (Lipinski definition) is 1. The van der Waals surface area contributed by atoms with Crippen molar-refractivity contribution in [2.24, 2.45) is 11.8 Å². The van der Waals surface area contributed by atoms with E-state index in [9.17, 15) is 9.59 Å². The zero-order chi connectivity index (χ0) is 17.7. The highest BCUT2D eigenvalue weighted by Gasteiger charge is 2.30. The van der Waals surface area contributed by atoms with Gasteiger partial charge in [0.1, 0.15) is 0 Å². The van der Waals surface area contributed by atoms with Crippen LogP contribution in [-0.2, 0) is 9.59 Å². The Balaban J connectivity index is 1.99. The fourth-order valence-electron chi connectivity index (χ4n) is 3.27. The van der Waals surface area contributed by atoms with Crippen LogP contribution in [-0.4, -0.2) is 29.8 Å². The number of carbonyl (C=O) groups excluding carboxylic acids is 2. The summed E-state index contributed by atoms with van der Waals surface area (Å²) in [5, 5.41) is 3.18. The highest BCUT2D eigenvalue weighted by Crippen LogP contribution is 2.22. The molecule has 1 heterocycles. The van der Waals surface area contributed by atoms with Crippen LogP contribution in [0.25, 0.3) is 0 Å². The van der Waals surface area contributed by atoms with Crippen LogP contribution < -0.4 is 5.32 Å². The zero-order valence-electron chi connectivity index (χ0n) is 15.3. The van der Waals surface area contributed by atoms with Crippen molar-refractivity contribution in [3.8, 4) is 0 Å². The van der Waals surface area contributed by atoms with Gasteiger partial charge in [0.05, 0.1) is 12.0 Å². The van der Waals surface area contributed by atoms with E-state index >= 15 is 0 Å². The zero-order valence-corrected chi connectivity index (χ0v) is 15.3. The van der Waals surface area contributed by atoms with Crippen molar-refractivity contribution in [2.75, 3.05) is 13.1 Å². The number of amides is 2. The van der Waals surface area contributed by atoms with Crippen LogP contribution in [0.5, 0.6) is 0 Å². The van der Waals surface area contributed by atoms with Gasteiger partial charge in [-0.25, -0.2) is 0 Å². The second-order valence-corrected chi connectivity index (χ2v) is 7.16. The van der Waals surface area contributed by atoms with Gasteiger partial charge in [0.25, 0.3) is 0 Å². The molecular weight excluding hydrogens is 300 g/mol. The number of carbonyl (C=O) groups is 2. The number of nitrogens with zero attached hydrogens (tertiary/aromatic N) is 1. The first-order valence-electron chi connectivity index (χ1n) is 9.08. The van der Waals surface area contributed by atoms with Gasteiger partial charge in [-0.2, -0.15) is 0 Å². The molecule has 0 aromatic heterocycles. The lowest BCUT2D eigenvalue weighted by atomic mass is 9.95. The molecule has 1 saturated heterocycles. The molecule has 0 bridgehead atoms. The molecule has 1 aromatic carbocycles. The van der Waals surface area contributed by atoms with Crippen molar-refractivity contribution in [3.05, 3.63) is 35.4 Å². The molecular formula is C20H30N2O2. The van der Waals surface area contributed by atoms with Crippen molar-refractivity contribution in [1.29, 1.82) is 0 Å². The van der Waals surface area contributed by atoms with Gasteiger partial charge in [-0.15, -0.1) is 0 Å². The van der Waals surface area contributed by atoms with Gasteiger partial charge in [0.2, 0.25) is 11.8 Å². The van der Waals surface area contributed by atoms with Crippen molar-refractivity contribution in [3.63, 3.8) is 0 Å². The molecule has 0 aliphatic carbocycles. The minimum atomic E-state index is -0.0963. The standard InChI is InChI=1S/C20H30N2O2/c1-5-18(16-10-8-15(4)9-11-16)21-19(23)17-7-6-12-22(13-17)20(24)14(2)3/h8-11,14,17-18H,5-7,12-13H2,1-4H3,(H,21,23)/t17-,18+/m1/s1. The summed E-state index contributed by atoms with van der Waals surface area (Å²) in [6.07, 6.45) is 2.62. The summed E-state index contributed by atoms with van der Waals surface area (Å²) in [5.41, 5.74) is 2.36. The number of piperidine rings is 1. The number of rotatable bonds is 5. The maximum absolute atomic E-state index is 12.7. The summed E-state index contributed by atoms with van der Waals surface area (Å²) in [7, 11) is 0. The smallest absolute Gasteiger partial charge is 0.225 e. The lowest BCUT2D eigenvalue weighted by Gasteiger charge is -2.34. The quantitative estimate of drug-likeness (QED) is 0.899. The maximum Gasteiger partial charge on any atom is 0.225 e. The molecule has 1 aliphatic heterocycles. The first kappa shape index (κ1) is 18.5. The Morgan fingerprint density at radius 3 is 2.50 bits per heavy atom. The number of benzene rings is 1. The second-order valence-electron chi connectivity index (χ2n) is 7.16. The van der Waals surface area contributed by atoms with Gasteiger partial charge in [0.15, 0.2) is 0 Å². The van der Waals surface area contributed by atoms with E-state index in [1.165, 1.54) is 5.56 Å². The molecule has 0 radical (unpaired) electrons. The molecule has 1 aromatic rings. The van der Waals surface area contributed by atoms with E-state index in [4.69, 9.17) is 0 Å². The summed E-state index contributed by atoms with van der Waals surface area (Å²) in [6, 6.07) is 8.36. The lowest BCUT2D eigenvalue weighted by molar-refractivity contribution is -0.138. The fraction of sp³-hybridized carbons (Fsp3) is 0.600. The van der Waals surface area contributed by atoms with Crippen LogP contribution in [0.2, 0.25) is 0 Å². The molecule has 2 amide bonds. The highest BCUT2D eigenvalue weighted by molar-refractivity contribution is 5.82. The fourth-order valence-corrected chi connectivity index (χ4v) is 3.27. The summed E-state index contributed by atoms with van der Waals surface area (Å²) < 4.78 is 0. The molecule has 0 saturated carbocycles. The Bertz CT molecular complexity index is 566. The van der Waals surface area contributed by atoms with Crippen LogP contribution in [0.15, 0.2) is 24.3 Å². The molecule has 2 rings (SSSR count). The van der Waals surface area contributed by atoms with E-state index in [0.29, 0.717) is 6.54 Å². The van der Waals surface area contributed by atoms with Gasteiger partial charge < -0.3 is 10.2 Å². The highest BCUT2D eigenvalue weighted by atomic mass is 16.2. The molecule has 24 heavy (non-hydrogen) atoms. The summed E-state index contributed by atoms with van der Waals surface area (Å²) in [5.74, 6) is 0.116. The normalized spacial score (nSPS) is 19.2. The molecule has 4 heteroatoms. The van der Waals surface area contributed by atoms with Gasteiger partial charge in [-0.1, -0.05) is 50.6 Å². The Labute approximate surface area is 145 Å². The van der Waals surface area contributed by atoms with Crippen molar-refractivity contribution < 1.29 is 9.59 Å². The monoisotopic (exact) mass is 330 g/mol. The largest absolute Gasteiger partial charge is 0.349 e. The van der Waals surface area contributed by atoms with Crippen molar-refractivity contribution in [1.82, 2.24) is 10.2 Å². The third kappa shape index (κ3) is 4.59. The Morgan fingerprint density at radius 2 is 1.92 bits per heavy atom. The van der Waals surface area contributed by atoms with Gasteiger partial charge in [0, 0.05) is 19.0 Å². The number of likely N-dealkylation sites (tertiary alicyclic amines) is 1. The number of nitrogens with one attached hydrogen (secondary N) is 1. The second kappa shape index (κ2) is 8.32. The van der Waals surface area contributed by atoms with Crippen LogP contribution in [0.3, 0.4) is 0 Å². The SMILES string of the molecule is CC[C@H](NC(=O)[C@@H]1CCCN(C(=O)C(C)C)C1)c1ccc(C)cc1. The third-order valence-electron chi connectivity index (χ3n) is 4.80. The molecule has 1 fully saturated rings. The van der Waals surface area contributed by atoms with E-state index in [2.05, 4.69) is 43.4 Å². The first-order chi connectivity index (χ1) is 11.4. The summed E-state index contributed by atoms with van der Waals surface area (Å²) in [6.45, 7) is 9.29. The number of hydrogen-bond acceptors (Lipinski definition) is 2. The van der Waals surface area contributed by atoms with Crippen LogP contribution in [0.1, 0.15) is 57.2 Å². The van der Waals surface area contributed by atoms with E-state index in [1.54, 1.807) is 0 Å². The van der Waals surface area contributed by atoms with E-state index in [0.717, 1.165) is 31.4 Å². The average molecular weight is 330 g/mol. The van der Waals surface area contributed by atoms with E-state index in [-0.39, 0.29) is 29.7 Å². The molecule has 132 valence electrons. The number of aryl methyl sites for hydroxylation is 1. The van der Waals surface area contributed by atoms with Crippen LogP contribution in [0, 0.1) is 18.8 Å². The van der Waals surface area contributed by atoms with Crippen molar-refractivity contribution in [2.45, 2.75) is 53.0 Å². The Kier molecular flexibility index (Phi) is 6.41. The molecule has 1 N–H and O–H groups in total. The lowest BCUT2D eigenvalue weighted by Crippen LogP contribution is -2.47.